The molecule has 0 aliphatic carbocycles. The summed E-state index contributed by atoms with van der Waals surface area (Å²) in [6, 6.07) is 13.4. The van der Waals surface area contributed by atoms with Gasteiger partial charge in [-0.15, -0.1) is 0 Å². The van der Waals surface area contributed by atoms with E-state index in [1.165, 1.54) is 98.4 Å². The van der Waals surface area contributed by atoms with Crippen LogP contribution in [-0.4, -0.2) is 4.86 Å². The highest BCUT2D eigenvalue weighted by Crippen LogP contribution is 2.19. The molecule has 0 aliphatic rings. The molecule has 0 saturated heterocycles. The lowest BCUT2D eigenvalue weighted by Crippen LogP contribution is -1.95. The first-order chi connectivity index (χ1) is 15.0. The van der Waals surface area contributed by atoms with Crippen molar-refractivity contribution < 1.29 is 0 Å². The van der Waals surface area contributed by atoms with E-state index in [0.29, 0.717) is 0 Å². The molecule has 0 spiro atoms. The summed E-state index contributed by atoms with van der Waals surface area (Å²) in [5.74, 6) is 0. The third-order valence-corrected chi connectivity index (χ3v) is 6.57. The molecule has 1 heteroatoms. The highest BCUT2D eigenvalue weighted by Gasteiger charge is 2.03. The van der Waals surface area contributed by atoms with Gasteiger partial charge in [-0.25, -0.2) is 0 Å². The molecule has 2 aromatic carbocycles. The molecule has 0 atom stereocenters. The minimum atomic E-state index is 0.907. The third-order valence-electron chi connectivity index (χ3n) is 6.20. The number of hydrogen-bond donors (Lipinski definition) is 0. The number of rotatable bonds is 14. The zero-order valence-electron chi connectivity index (χ0n) is 20.3. The molecule has 0 nitrogen and oxygen atoms in total. The zero-order valence-corrected chi connectivity index (χ0v) is 21.1. The molecule has 0 amide bonds. The van der Waals surface area contributed by atoms with Gasteiger partial charge in [-0.3, -0.25) is 0 Å². The third kappa shape index (κ3) is 9.52. The predicted octanol–water partition coefficient (Wildman–Crippen LogP) is 9.51. The van der Waals surface area contributed by atoms with Crippen LogP contribution < -0.4 is 0 Å². The first-order valence-corrected chi connectivity index (χ1v) is 12.8. The highest BCUT2D eigenvalue weighted by atomic mass is 32.1. The van der Waals surface area contributed by atoms with Gasteiger partial charge in [0, 0.05) is 4.86 Å². The Kier molecular flexibility index (Phi) is 11.8. The van der Waals surface area contributed by atoms with Crippen molar-refractivity contribution in [1.82, 2.24) is 0 Å². The van der Waals surface area contributed by atoms with E-state index in [9.17, 15) is 0 Å². The van der Waals surface area contributed by atoms with Crippen LogP contribution in [0.2, 0.25) is 0 Å². The van der Waals surface area contributed by atoms with Gasteiger partial charge in [0.1, 0.15) is 0 Å². The summed E-state index contributed by atoms with van der Waals surface area (Å²) in [6.07, 6.45) is 19.3. The Balaban J connectivity index is 1.71. The second-order valence-electron chi connectivity index (χ2n) is 9.14. The molecule has 0 bridgehead atoms. The van der Waals surface area contributed by atoms with Crippen molar-refractivity contribution >= 4 is 23.2 Å². The number of thiocarbonyl (C=S) groups is 1. The Morgan fingerprint density at radius 2 is 1.26 bits per heavy atom. The molecule has 0 heterocycles. The minimum absolute atomic E-state index is 0.907. The Labute approximate surface area is 197 Å². The van der Waals surface area contributed by atoms with E-state index in [-0.39, 0.29) is 0 Å². The molecule has 0 aliphatic heterocycles. The lowest BCUT2D eigenvalue weighted by Gasteiger charge is -2.08. The van der Waals surface area contributed by atoms with Gasteiger partial charge in [-0.05, 0) is 67.5 Å². The number of benzene rings is 2. The Hall–Kier alpha value is -1.73. The number of hydrogen-bond acceptors (Lipinski definition) is 1. The van der Waals surface area contributed by atoms with Crippen LogP contribution >= 0.6 is 12.2 Å². The van der Waals surface area contributed by atoms with Crippen molar-refractivity contribution in [2.75, 3.05) is 0 Å². The van der Waals surface area contributed by atoms with E-state index in [1.807, 2.05) is 0 Å². The second-order valence-corrected chi connectivity index (χ2v) is 9.58. The molecule has 31 heavy (non-hydrogen) atoms. The summed E-state index contributed by atoms with van der Waals surface area (Å²) >= 11 is 5.67. The number of aryl methyl sites for hydroxylation is 4. The number of allylic oxidation sites excluding steroid dienone is 1. The van der Waals surface area contributed by atoms with E-state index in [4.69, 9.17) is 12.2 Å². The van der Waals surface area contributed by atoms with Gasteiger partial charge >= 0.3 is 0 Å². The zero-order chi connectivity index (χ0) is 22.5. The molecular formula is C30H42S. The van der Waals surface area contributed by atoms with E-state index < -0.39 is 0 Å². The Morgan fingerprint density at radius 1 is 0.742 bits per heavy atom. The number of unbranched alkanes of at least 4 members (excludes halogenated alkanes) is 9. The fourth-order valence-corrected chi connectivity index (χ4v) is 4.57. The molecule has 0 saturated carbocycles. The smallest absolute Gasteiger partial charge is 0.0449 e. The predicted molar refractivity (Wildman–Crippen MR) is 143 cm³/mol. The fraction of sp³-hybridized carbons (Fsp3) is 0.500. The molecule has 2 aromatic rings. The van der Waals surface area contributed by atoms with Crippen LogP contribution in [0.25, 0.3) is 6.08 Å². The van der Waals surface area contributed by atoms with Crippen LogP contribution in [-0.2, 0) is 6.42 Å². The van der Waals surface area contributed by atoms with Crippen LogP contribution in [0.1, 0.15) is 105 Å². The maximum atomic E-state index is 5.67. The van der Waals surface area contributed by atoms with Crippen molar-refractivity contribution in [1.29, 1.82) is 0 Å². The monoisotopic (exact) mass is 434 g/mol. The van der Waals surface area contributed by atoms with Crippen LogP contribution in [0.15, 0.2) is 42.5 Å². The van der Waals surface area contributed by atoms with Crippen LogP contribution in [0.5, 0.6) is 0 Å². The normalized spacial score (nSPS) is 11.4. The van der Waals surface area contributed by atoms with Crippen LogP contribution in [0, 0.1) is 20.8 Å². The van der Waals surface area contributed by atoms with E-state index in [1.54, 1.807) is 0 Å². The highest BCUT2D eigenvalue weighted by molar-refractivity contribution is 7.81. The summed E-state index contributed by atoms with van der Waals surface area (Å²) in [6.45, 7) is 8.78. The summed E-state index contributed by atoms with van der Waals surface area (Å²) < 4.78 is 0. The fourth-order valence-electron chi connectivity index (χ4n) is 4.36. The summed E-state index contributed by atoms with van der Waals surface area (Å²) in [5.41, 5.74) is 7.78. The van der Waals surface area contributed by atoms with Crippen LogP contribution in [0.4, 0.5) is 0 Å². The SMILES string of the molecule is CCCCCCCCCCCCc1ccc(C(=S)C=Cc2c(C)cc(C)cc2C)cc1. The van der Waals surface area contributed by atoms with Gasteiger partial charge in [0.25, 0.3) is 0 Å². The molecule has 2 rings (SSSR count). The molecule has 0 N–H and O–H groups in total. The van der Waals surface area contributed by atoms with Crippen molar-refractivity contribution in [3.05, 3.63) is 75.9 Å². The standard InChI is InChI=1S/C30H42S/c1-5-6-7-8-9-10-11-12-13-14-15-27-16-18-28(19-17-27)30(31)21-20-29-25(3)22-24(2)23-26(29)4/h16-23H,5-15H2,1-4H3. The van der Waals surface area contributed by atoms with Gasteiger partial charge in [-0.1, -0.05) is 125 Å². The quantitative estimate of drug-likeness (QED) is 0.123. The lowest BCUT2D eigenvalue weighted by molar-refractivity contribution is 0.556. The summed E-state index contributed by atoms with van der Waals surface area (Å²) in [7, 11) is 0. The van der Waals surface area contributed by atoms with Gasteiger partial charge in [-0.2, -0.15) is 0 Å². The van der Waals surface area contributed by atoms with Crippen molar-refractivity contribution in [2.24, 2.45) is 0 Å². The second kappa shape index (κ2) is 14.4. The molecule has 0 aromatic heterocycles. The average Bonchev–Trinajstić information content (AvgIpc) is 2.74. The first kappa shape index (κ1) is 25.5. The van der Waals surface area contributed by atoms with Crippen LogP contribution in [0.3, 0.4) is 0 Å². The maximum Gasteiger partial charge on any atom is 0.0449 e. The first-order valence-electron chi connectivity index (χ1n) is 12.4. The van der Waals surface area contributed by atoms with E-state index in [0.717, 1.165) is 10.4 Å². The van der Waals surface area contributed by atoms with Gasteiger partial charge in [0.2, 0.25) is 0 Å². The average molecular weight is 435 g/mol. The van der Waals surface area contributed by atoms with Gasteiger partial charge in [0.05, 0.1) is 0 Å². The molecular weight excluding hydrogens is 392 g/mol. The van der Waals surface area contributed by atoms with Crippen molar-refractivity contribution in [2.45, 2.75) is 98.3 Å². The Bertz CT molecular complexity index is 803. The Morgan fingerprint density at radius 3 is 1.81 bits per heavy atom. The maximum absolute atomic E-state index is 5.67. The molecule has 168 valence electrons. The van der Waals surface area contributed by atoms with E-state index in [2.05, 4.69) is 76.2 Å². The largest absolute Gasteiger partial charge is 0.0795 e. The minimum Gasteiger partial charge on any atom is -0.0795 e. The molecule has 0 fully saturated rings. The molecule has 0 unspecified atom stereocenters. The molecule has 0 radical (unpaired) electrons. The summed E-state index contributed by atoms with van der Waals surface area (Å²) in [4.78, 5) is 0.907. The summed E-state index contributed by atoms with van der Waals surface area (Å²) in [5, 5.41) is 0. The lowest BCUT2D eigenvalue weighted by atomic mass is 9.98. The van der Waals surface area contributed by atoms with E-state index >= 15 is 0 Å². The topological polar surface area (TPSA) is 0 Å². The van der Waals surface area contributed by atoms with Gasteiger partial charge < -0.3 is 0 Å². The van der Waals surface area contributed by atoms with Crippen molar-refractivity contribution in [3.8, 4) is 0 Å². The van der Waals surface area contributed by atoms with Gasteiger partial charge in [0.15, 0.2) is 0 Å². The van der Waals surface area contributed by atoms with Crippen molar-refractivity contribution in [3.63, 3.8) is 0 Å².